The van der Waals surface area contributed by atoms with Gasteiger partial charge < -0.3 is 14.8 Å². The summed E-state index contributed by atoms with van der Waals surface area (Å²) in [5.41, 5.74) is 2.63. The first-order valence-corrected chi connectivity index (χ1v) is 9.25. The van der Waals surface area contributed by atoms with E-state index in [1.54, 1.807) is 29.6 Å². The summed E-state index contributed by atoms with van der Waals surface area (Å²) in [5, 5.41) is 14.0. The van der Waals surface area contributed by atoms with Crippen LogP contribution in [0.3, 0.4) is 0 Å². The van der Waals surface area contributed by atoms with Crippen LogP contribution in [-0.2, 0) is 6.54 Å². The van der Waals surface area contributed by atoms with E-state index in [2.05, 4.69) is 34.3 Å². The topological polar surface area (TPSA) is 75.9 Å². The number of rotatable bonds is 5. The lowest BCUT2D eigenvalue weighted by molar-refractivity contribution is 0.218. The fourth-order valence-electron chi connectivity index (χ4n) is 2.57. The highest BCUT2D eigenvalue weighted by Gasteiger charge is 2.15. The number of thiazole rings is 1. The van der Waals surface area contributed by atoms with E-state index in [0.717, 1.165) is 27.8 Å². The number of anilines is 1. The standard InChI is InChI=1S/C18H22N6OS/c1-12(2)24-11-19-22-17(24)9-23(4)18(25)21-15-7-5-6-14(8-15)16-10-26-13(3)20-16/h5-8,10-12H,9H2,1-4H3,(H,21,25). The van der Waals surface area contributed by atoms with Crippen molar-refractivity contribution in [2.24, 2.45) is 0 Å². The van der Waals surface area contributed by atoms with Crippen molar-refractivity contribution in [3.8, 4) is 11.3 Å². The largest absolute Gasteiger partial charge is 0.321 e. The number of aromatic nitrogens is 4. The third-order valence-corrected chi connectivity index (χ3v) is 4.73. The molecular weight excluding hydrogens is 348 g/mol. The molecule has 1 N–H and O–H groups in total. The van der Waals surface area contributed by atoms with Crippen LogP contribution in [0.4, 0.5) is 10.5 Å². The first-order valence-electron chi connectivity index (χ1n) is 8.37. The van der Waals surface area contributed by atoms with Crippen LogP contribution >= 0.6 is 11.3 Å². The van der Waals surface area contributed by atoms with Crippen LogP contribution in [0.15, 0.2) is 36.0 Å². The van der Waals surface area contributed by atoms with Crippen LogP contribution in [0.25, 0.3) is 11.3 Å². The first-order chi connectivity index (χ1) is 12.4. The number of nitrogens with zero attached hydrogens (tertiary/aromatic N) is 5. The maximum Gasteiger partial charge on any atom is 0.321 e. The zero-order valence-corrected chi connectivity index (χ0v) is 16.1. The number of carbonyl (C=O) groups excluding carboxylic acids is 1. The predicted molar refractivity (Wildman–Crippen MR) is 103 cm³/mol. The lowest BCUT2D eigenvalue weighted by Gasteiger charge is -2.19. The molecule has 0 aliphatic heterocycles. The molecule has 3 rings (SSSR count). The van der Waals surface area contributed by atoms with Gasteiger partial charge in [-0.1, -0.05) is 12.1 Å². The lowest BCUT2D eigenvalue weighted by Crippen LogP contribution is -2.32. The minimum atomic E-state index is -0.199. The van der Waals surface area contributed by atoms with Crippen LogP contribution < -0.4 is 5.32 Å². The van der Waals surface area contributed by atoms with Gasteiger partial charge >= 0.3 is 6.03 Å². The maximum absolute atomic E-state index is 12.5. The molecule has 0 saturated heterocycles. The summed E-state index contributed by atoms with van der Waals surface area (Å²) in [6.45, 7) is 6.47. The van der Waals surface area contributed by atoms with Gasteiger partial charge in [-0.3, -0.25) is 0 Å². The molecule has 8 heteroatoms. The third-order valence-electron chi connectivity index (χ3n) is 3.96. The summed E-state index contributed by atoms with van der Waals surface area (Å²) in [7, 11) is 1.74. The molecule has 0 fully saturated rings. The van der Waals surface area contributed by atoms with Crippen molar-refractivity contribution in [2.75, 3.05) is 12.4 Å². The number of aryl methyl sites for hydroxylation is 1. The summed E-state index contributed by atoms with van der Waals surface area (Å²) in [6, 6.07) is 7.74. The van der Waals surface area contributed by atoms with Gasteiger partial charge in [-0.05, 0) is 32.9 Å². The van der Waals surface area contributed by atoms with Crippen molar-refractivity contribution in [2.45, 2.75) is 33.4 Å². The Kier molecular flexibility index (Phi) is 5.32. The first kappa shape index (κ1) is 18.1. The Morgan fingerprint density at radius 2 is 2.19 bits per heavy atom. The second-order valence-electron chi connectivity index (χ2n) is 6.37. The van der Waals surface area contributed by atoms with Gasteiger partial charge in [0, 0.05) is 29.7 Å². The molecule has 0 radical (unpaired) electrons. The zero-order valence-electron chi connectivity index (χ0n) is 15.3. The molecule has 0 atom stereocenters. The lowest BCUT2D eigenvalue weighted by atomic mass is 10.1. The molecule has 2 heterocycles. The molecule has 0 aliphatic carbocycles. The van der Waals surface area contributed by atoms with Crippen molar-refractivity contribution in [1.82, 2.24) is 24.6 Å². The van der Waals surface area contributed by atoms with Crippen molar-refractivity contribution in [3.63, 3.8) is 0 Å². The minimum Gasteiger partial charge on any atom is -0.320 e. The zero-order chi connectivity index (χ0) is 18.7. The molecular formula is C18H22N6OS. The van der Waals surface area contributed by atoms with Crippen molar-refractivity contribution >= 4 is 23.1 Å². The number of benzene rings is 1. The van der Waals surface area contributed by atoms with Crippen molar-refractivity contribution in [3.05, 3.63) is 46.8 Å². The van der Waals surface area contributed by atoms with Crippen LogP contribution in [0.2, 0.25) is 0 Å². The van der Waals surface area contributed by atoms with Crippen molar-refractivity contribution < 1.29 is 4.79 Å². The average molecular weight is 370 g/mol. The number of hydrogen-bond acceptors (Lipinski definition) is 5. The normalized spacial score (nSPS) is 11.0. The van der Waals surface area contributed by atoms with Crippen LogP contribution in [0, 0.1) is 6.92 Å². The van der Waals surface area contributed by atoms with E-state index in [1.807, 2.05) is 41.1 Å². The van der Waals surface area contributed by atoms with Gasteiger partial charge in [-0.15, -0.1) is 21.5 Å². The minimum absolute atomic E-state index is 0.199. The summed E-state index contributed by atoms with van der Waals surface area (Å²) in [4.78, 5) is 18.6. The molecule has 0 saturated carbocycles. The van der Waals surface area contributed by atoms with Gasteiger partial charge in [-0.25, -0.2) is 9.78 Å². The van der Waals surface area contributed by atoms with Crippen LogP contribution in [-0.4, -0.2) is 37.7 Å². The Bertz CT molecular complexity index is 900. The highest BCUT2D eigenvalue weighted by Crippen LogP contribution is 2.24. The maximum atomic E-state index is 12.5. The quantitative estimate of drug-likeness (QED) is 0.738. The smallest absolute Gasteiger partial charge is 0.320 e. The fraction of sp³-hybridized carbons (Fsp3) is 0.333. The second-order valence-corrected chi connectivity index (χ2v) is 7.43. The molecule has 0 unspecified atom stereocenters. The number of carbonyl (C=O) groups is 1. The van der Waals surface area contributed by atoms with E-state index in [1.165, 1.54) is 0 Å². The Morgan fingerprint density at radius 3 is 2.88 bits per heavy atom. The third kappa shape index (κ3) is 4.08. The van der Waals surface area contributed by atoms with Gasteiger partial charge in [0.2, 0.25) is 0 Å². The van der Waals surface area contributed by atoms with E-state index in [9.17, 15) is 4.79 Å². The van der Waals surface area contributed by atoms with Crippen molar-refractivity contribution in [1.29, 1.82) is 0 Å². The Balaban J connectivity index is 1.68. The van der Waals surface area contributed by atoms with Crippen LogP contribution in [0.1, 0.15) is 30.7 Å². The second kappa shape index (κ2) is 7.65. The summed E-state index contributed by atoms with van der Waals surface area (Å²) < 4.78 is 1.95. The number of hydrogen-bond donors (Lipinski definition) is 1. The number of urea groups is 1. The monoisotopic (exact) mass is 370 g/mol. The molecule has 0 bridgehead atoms. The molecule has 26 heavy (non-hydrogen) atoms. The van der Waals surface area contributed by atoms with Gasteiger partial charge in [0.05, 0.1) is 17.2 Å². The van der Waals surface area contributed by atoms with Gasteiger partial charge in [-0.2, -0.15) is 0 Å². The number of amides is 2. The fourth-order valence-corrected chi connectivity index (χ4v) is 3.19. The molecule has 1 aromatic carbocycles. The SMILES string of the molecule is Cc1nc(-c2cccc(NC(=O)N(C)Cc3nncn3C(C)C)c2)cs1. The molecule has 0 spiro atoms. The average Bonchev–Trinajstić information content (AvgIpc) is 3.24. The molecule has 0 aliphatic rings. The summed E-state index contributed by atoms with van der Waals surface area (Å²) >= 11 is 1.61. The van der Waals surface area contributed by atoms with E-state index in [-0.39, 0.29) is 12.1 Å². The highest BCUT2D eigenvalue weighted by molar-refractivity contribution is 7.09. The van der Waals surface area contributed by atoms with Gasteiger partial charge in [0.15, 0.2) is 5.82 Å². The van der Waals surface area contributed by atoms with E-state index < -0.39 is 0 Å². The van der Waals surface area contributed by atoms with E-state index in [0.29, 0.717) is 6.54 Å². The Hall–Kier alpha value is -2.74. The Labute approximate surface area is 156 Å². The molecule has 2 aromatic heterocycles. The van der Waals surface area contributed by atoms with Crippen LogP contribution in [0.5, 0.6) is 0 Å². The highest BCUT2D eigenvalue weighted by atomic mass is 32.1. The van der Waals surface area contributed by atoms with Gasteiger partial charge in [0.25, 0.3) is 0 Å². The molecule has 7 nitrogen and oxygen atoms in total. The summed E-state index contributed by atoms with van der Waals surface area (Å²) in [6.07, 6.45) is 1.69. The number of nitrogens with one attached hydrogen (secondary N) is 1. The van der Waals surface area contributed by atoms with E-state index >= 15 is 0 Å². The molecule has 136 valence electrons. The Morgan fingerprint density at radius 1 is 1.38 bits per heavy atom. The van der Waals surface area contributed by atoms with Gasteiger partial charge in [0.1, 0.15) is 6.33 Å². The molecule has 3 aromatic rings. The predicted octanol–water partition coefficient (Wildman–Crippen LogP) is 3.95. The van der Waals surface area contributed by atoms with E-state index in [4.69, 9.17) is 0 Å². The molecule has 2 amide bonds. The summed E-state index contributed by atoms with van der Waals surface area (Å²) in [5.74, 6) is 0.754.